The van der Waals surface area contributed by atoms with E-state index in [4.69, 9.17) is 0 Å². The Balaban J connectivity index is 1.85. The Kier molecular flexibility index (Phi) is 4.82. The molecule has 1 aromatic carbocycles. The van der Waals surface area contributed by atoms with E-state index in [-0.39, 0.29) is 0 Å². The second-order valence-electron chi connectivity index (χ2n) is 5.24. The summed E-state index contributed by atoms with van der Waals surface area (Å²) in [4.78, 5) is 4.55. The van der Waals surface area contributed by atoms with E-state index in [1.807, 2.05) is 24.3 Å². The summed E-state index contributed by atoms with van der Waals surface area (Å²) >= 11 is 4.69. The number of nitrogens with zero attached hydrogens (tertiary/aromatic N) is 3. The Morgan fingerprint density at radius 1 is 1.18 bits per heavy atom. The third-order valence-corrected chi connectivity index (χ3v) is 4.96. The van der Waals surface area contributed by atoms with Crippen LogP contribution in [0.25, 0.3) is 0 Å². The van der Waals surface area contributed by atoms with Gasteiger partial charge in [0, 0.05) is 36.3 Å². The van der Waals surface area contributed by atoms with E-state index in [0.29, 0.717) is 5.00 Å². The average molecular weight is 384 g/mol. The summed E-state index contributed by atoms with van der Waals surface area (Å²) in [5.74, 6) is 0.887. The minimum absolute atomic E-state index is 0.622. The van der Waals surface area contributed by atoms with Gasteiger partial charge < -0.3 is 15.1 Å². The zero-order valence-corrected chi connectivity index (χ0v) is 14.6. The first-order chi connectivity index (χ1) is 10.7. The molecule has 2 aromatic rings. The minimum atomic E-state index is 0.622. The van der Waals surface area contributed by atoms with E-state index in [1.54, 1.807) is 0 Å². The Bertz CT molecular complexity index is 625. The zero-order valence-electron chi connectivity index (χ0n) is 12.2. The van der Waals surface area contributed by atoms with Crippen molar-refractivity contribution < 1.29 is 5.21 Å². The van der Waals surface area contributed by atoms with Crippen LogP contribution >= 0.6 is 27.5 Å². The van der Waals surface area contributed by atoms with Gasteiger partial charge >= 0.3 is 0 Å². The standard InChI is InChI=1S/C14H18BrN5OS/c1-19-6-8-20(9-7-19)13-12(14(17-21)22-18-13)16-11-4-2-10(15)3-5-11/h2-5,16-17,21H,6-9H2,1H3. The number of benzene rings is 1. The van der Waals surface area contributed by atoms with Crippen LogP contribution in [0.4, 0.5) is 22.2 Å². The van der Waals surface area contributed by atoms with Crippen LogP contribution in [0.5, 0.6) is 0 Å². The van der Waals surface area contributed by atoms with Crippen LogP contribution in [0, 0.1) is 0 Å². The number of rotatable bonds is 4. The second kappa shape index (κ2) is 6.82. The topological polar surface area (TPSA) is 63.7 Å². The highest BCUT2D eigenvalue weighted by atomic mass is 79.9. The Labute approximate surface area is 142 Å². The lowest BCUT2D eigenvalue weighted by Crippen LogP contribution is -2.44. The van der Waals surface area contributed by atoms with Gasteiger partial charge in [0.2, 0.25) is 0 Å². The van der Waals surface area contributed by atoms with Gasteiger partial charge in [0.25, 0.3) is 0 Å². The summed E-state index contributed by atoms with van der Waals surface area (Å²) < 4.78 is 5.53. The molecule has 0 unspecified atom stereocenters. The molecule has 1 aromatic heterocycles. The molecule has 0 bridgehead atoms. The monoisotopic (exact) mass is 383 g/mol. The van der Waals surface area contributed by atoms with Gasteiger partial charge in [-0.2, -0.15) is 4.37 Å². The first-order valence-electron chi connectivity index (χ1n) is 7.03. The van der Waals surface area contributed by atoms with Gasteiger partial charge in [-0.05, 0) is 42.8 Å². The molecule has 0 spiro atoms. The smallest absolute Gasteiger partial charge is 0.168 e. The van der Waals surface area contributed by atoms with Crippen molar-refractivity contribution in [1.82, 2.24) is 9.27 Å². The maximum atomic E-state index is 9.34. The normalized spacial score (nSPS) is 15.9. The largest absolute Gasteiger partial charge is 0.351 e. The number of piperazine rings is 1. The summed E-state index contributed by atoms with van der Waals surface area (Å²) in [5.41, 5.74) is 4.02. The molecule has 3 N–H and O–H groups in total. The fraction of sp³-hybridized carbons (Fsp3) is 0.357. The number of halogens is 1. The molecule has 118 valence electrons. The predicted octanol–water partition coefficient (Wildman–Crippen LogP) is 3.20. The first-order valence-corrected chi connectivity index (χ1v) is 8.60. The molecular weight excluding hydrogens is 366 g/mol. The molecule has 1 aliphatic rings. The van der Waals surface area contributed by atoms with Gasteiger partial charge in [-0.25, -0.2) is 0 Å². The SMILES string of the molecule is CN1CCN(c2nsc(NO)c2Nc2ccc(Br)cc2)CC1. The lowest BCUT2D eigenvalue weighted by Gasteiger charge is -2.33. The van der Waals surface area contributed by atoms with Crippen LogP contribution < -0.4 is 15.7 Å². The molecule has 1 fully saturated rings. The lowest BCUT2D eigenvalue weighted by molar-refractivity contribution is 0.312. The number of aromatic nitrogens is 1. The van der Waals surface area contributed by atoms with E-state index in [0.717, 1.165) is 47.8 Å². The van der Waals surface area contributed by atoms with E-state index in [1.165, 1.54) is 11.5 Å². The first kappa shape index (κ1) is 15.5. The van der Waals surface area contributed by atoms with Crippen LogP contribution in [0.3, 0.4) is 0 Å². The summed E-state index contributed by atoms with van der Waals surface area (Å²) in [6.45, 7) is 3.88. The van der Waals surface area contributed by atoms with Crippen molar-refractivity contribution in [2.45, 2.75) is 0 Å². The molecule has 1 saturated heterocycles. The van der Waals surface area contributed by atoms with E-state index >= 15 is 0 Å². The highest BCUT2D eigenvalue weighted by molar-refractivity contribution is 9.10. The van der Waals surface area contributed by atoms with Crippen LogP contribution in [0.15, 0.2) is 28.7 Å². The highest BCUT2D eigenvalue weighted by Gasteiger charge is 2.22. The summed E-state index contributed by atoms with van der Waals surface area (Å²) in [6, 6.07) is 7.92. The average Bonchev–Trinajstić information content (AvgIpc) is 2.93. The van der Waals surface area contributed by atoms with Gasteiger partial charge in [-0.3, -0.25) is 10.7 Å². The highest BCUT2D eigenvalue weighted by Crippen LogP contribution is 2.39. The van der Waals surface area contributed by atoms with Crippen molar-refractivity contribution in [3.8, 4) is 0 Å². The molecule has 22 heavy (non-hydrogen) atoms. The van der Waals surface area contributed by atoms with Crippen molar-refractivity contribution in [3.63, 3.8) is 0 Å². The molecule has 0 atom stereocenters. The fourth-order valence-corrected chi connectivity index (χ4v) is 3.31. The van der Waals surface area contributed by atoms with Gasteiger partial charge in [0.15, 0.2) is 10.8 Å². The van der Waals surface area contributed by atoms with Crippen molar-refractivity contribution in [2.24, 2.45) is 0 Å². The van der Waals surface area contributed by atoms with Gasteiger partial charge in [-0.15, -0.1) is 0 Å². The van der Waals surface area contributed by atoms with E-state index in [2.05, 4.69) is 47.9 Å². The maximum absolute atomic E-state index is 9.34. The molecule has 0 aliphatic carbocycles. The van der Waals surface area contributed by atoms with Crippen LogP contribution in [0.2, 0.25) is 0 Å². The van der Waals surface area contributed by atoms with Crippen LogP contribution in [-0.2, 0) is 0 Å². The maximum Gasteiger partial charge on any atom is 0.168 e. The molecule has 0 amide bonds. The second-order valence-corrected chi connectivity index (χ2v) is 6.93. The summed E-state index contributed by atoms with van der Waals surface area (Å²) in [7, 11) is 2.13. The quantitative estimate of drug-likeness (QED) is 0.704. The summed E-state index contributed by atoms with van der Waals surface area (Å²) in [5, 5.41) is 13.3. The zero-order chi connectivity index (χ0) is 15.5. The van der Waals surface area contributed by atoms with Gasteiger partial charge in [-0.1, -0.05) is 15.9 Å². The molecule has 1 aliphatic heterocycles. The van der Waals surface area contributed by atoms with Gasteiger partial charge in [0.05, 0.1) is 0 Å². The number of nitrogens with one attached hydrogen (secondary N) is 2. The van der Waals surface area contributed by atoms with Crippen LogP contribution in [0.1, 0.15) is 0 Å². The lowest BCUT2D eigenvalue weighted by atomic mass is 10.3. The minimum Gasteiger partial charge on any atom is -0.351 e. The van der Waals surface area contributed by atoms with Crippen molar-refractivity contribution in [2.75, 3.05) is 48.9 Å². The third-order valence-electron chi connectivity index (χ3n) is 3.69. The molecule has 3 rings (SSSR count). The van der Waals surface area contributed by atoms with Gasteiger partial charge in [0.1, 0.15) is 5.69 Å². The fourth-order valence-electron chi connectivity index (χ4n) is 2.38. The Morgan fingerprint density at radius 3 is 2.50 bits per heavy atom. The molecule has 6 nitrogen and oxygen atoms in total. The predicted molar refractivity (Wildman–Crippen MR) is 94.7 cm³/mol. The molecule has 2 heterocycles. The molecule has 0 radical (unpaired) electrons. The number of likely N-dealkylation sites (N-methyl/N-ethyl adjacent to an activating group) is 1. The van der Waals surface area contributed by atoms with Crippen molar-refractivity contribution >= 4 is 49.7 Å². The number of hydrogen-bond acceptors (Lipinski definition) is 7. The Hall–Kier alpha value is -1.35. The number of anilines is 4. The molecular formula is C14H18BrN5OS. The molecule has 0 saturated carbocycles. The Morgan fingerprint density at radius 2 is 1.86 bits per heavy atom. The van der Waals surface area contributed by atoms with Crippen LogP contribution in [-0.4, -0.2) is 47.7 Å². The summed E-state index contributed by atoms with van der Waals surface area (Å²) in [6.07, 6.45) is 0. The van der Waals surface area contributed by atoms with E-state index < -0.39 is 0 Å². The number of hydrogen-bond donors (Lipinski definition) is 3. The van der Waals surface area contributed by atoms with Crippen molar-refractivity contribution in [1.29, 1.82) is 0 Å². The molecule has 8 heteroatoms. The van der Waals surface area contributed by atoms with E-state index in [9.17, 15) is 5.21 Å². The van der Waals surface area contributed by atoms with Crippen molar-refractivity contribution in [3.05, 3.63) is 28.7 Å². The third kappa shape index (κ3) is 3.35.